The molecule has 0 atom stereocenters. The fourth-order valence-corrected chi connectivity index (χ4v) is 2.51. The monoisotopic (exact) mass is 254 g/mol. The van der Waals surface area contributed by atoms with Gasteiger partial charge in [-0.25, -0.2) is 4.98 Å². The van der Waals surface area contributed by atoms with E-state index < -0.39 is 0 Å². The maximum absolute atomic E-state index is 4.65. The second kappa shape index (κ2) is 4.88. The Labute approximate surface area is 113 Å². The van der Waals surface area contributed by atoms with Gasteiger partial charge in [0.1, 0.15) is 5.82 Å². The van der Waals surface area contributed by atoms with Gasteiger partial charge in [-0.3, -0.25) is 0 Å². The van der Waals surface area contributed by atoms with Gasteiger partial charge in [0.15, 0.2) is 0 Å². The Hall–Kier alpha value is -2.10. The summed E-state index contributed by atoms with van der Waals surface area (Å²) in [4.78, 5) is 11.2. The summed E-state index contributed by atoms with van der Waals surface area (Å²) in [6.45, 7) is 5.93. The van der Waals surface area contributed by atoms with Gasteiger partial charge in [-0.2, -0.15) is 4.98 Å². The molecule has 2 heterocycles. The van der Waals surface area contributed by atoms with Crippen molar-refractivity contribution in [3.63, 3.8) is 0 Å². The minimum Gasteiger partial charge on any atom is -0.354 e. The molecule has 3 rings (SSSR count). The van der Waals surface area contributed by atoms with Gasteiger partial charge in [0, 0.05) is 30.5 Å². The standard InChI is InChI=1S/C15H18N4/c1-3-16-15-17-10-11(2)14(18-15)19-9-8-12-6-4-5-7-13(12)19/h4-7,10H,3,8-9H2,1-2H3,(H,16,17,18). The maximum atomic E-state index is 4.65. The highest BCUT2D eigenvalue weighted by Gasteiger charge is 2.22. The number of rotatable bonds is 3. The highest BCUT2D eigenvalue weighted by molar-refractivity contribution is 5.69. The molecule has 1 aromatic carbocycles. The first-order valence-corrected chi connectivity index (χ1v) is 6.72. The molecule has 0 aliphatic carbocycles. The molecule has 0 spiro atoms. The van der Waals surface area contributed by atoms with Crippen molar-refractivity contribution < 1.29 is 0 Å². The third kappa shape index (κ3) is 2.14. The van der Waals surface area contributed by atoms with Crippen LogP contribution in [0.5, 0.6) is 0 Å². The zero-order valence-electron chi connectivity index (χ0n) is 11.3. The van der Waals surface area contributed by atoms with Gasteiger partial charge in [0.05, 0.1) is 0 Å². The number of hydrogen-bond donors (Lipinski definition) is 1. The van der Waals surface area contributed by atoms with E-state index in [2.05, 4.69) is 51.4 Å². The zero-order valence-corrected chi connectivity index (χ0v) is 11.3. The van der Waals surface area contributed by atoms with Gasteiger partial charge in [0.25, 0.3) is 0 Å². The number of para-hydroxylation sites is 1. The van der Waals surface area contributed by atoms with E-state index in [0.29, 0.717) is 5.95 Å². The van der Waals surface area contributed by atoms with E-state index in [4.69, 9.17) is 0 Å². The van der Waals surface area contributed by atoms with Gasteiger partial charge < -0.3 is 10.2 Å². The first-order valence-electron chi connectivity index (χ1n) is 6.72. The van der Waals surface area contributed by atoms with Crippen LogP contribution >= 0.6 is 0 Å². The molecule has 1 aliphatic rings. The molecule has 4 nitrogen and oxygen atoms in total. The molecule has 2 aromatic rings. The minimum absolute atomic E-state index is 0.701. The molecular weight excluding hydrogens is 236 g/mol. The number of nitrogens with one attached hydrogen (secondary N) is 1. The fourth-order valence-electron chi connectivity index (χ4n) is 2.51. The van der Waals surface area contributed by atoms with Crippen LogP contribution < -0.4 is 10.2 Å². The quantitative estimate of drug-likeness (QED) is 0.914. The number of fused-ring (bicyclic) bond motifs is 1. The molecule has 1 aromatic heterocycles. The van der Waals surface area contributed by atoms with E-state index in [9.17, 15) is 0 Å². The Balaban J connectivity index is 2.01. The van der Waals surface area contributed by atoms with Crippen LogP contribution in [0, 0.1) is 6.92 Å². The van der Waals surface area contributed by atoms with Crippen LogP contribution in [0.4, 0.5) is 17.5 Å². The van der Waals surface area contributed by atoms with Crippen molar-refractivity contribution in [2.24, 2.45) is 0 Å². The molecule has 0 saturated heterocycles. The Bertz CT molecular complexity index is 594. The second-order valence-corrected chi connectivity index (χ2v) is 4.76. The second-order valence-electron chi connectivity index (χ2n) is 4.76. The Morgan fingerprint density at radius 2 is 2.16 bits per heavy atom. The molecule has 0 unspecified atom stereocenters. The van der Waals surface area contributed by atoms with E-state index in [-0.39, 0.29) is 0 Å². The number of nitrogens with zero attached hydrogens (tertiary/aromatic N) is 3. The minimum atomic E-state index is 0.701. The third-order valence-corrected chi connectivity index (χ3v) is 3.42. The van der Waals surface area contributed by atoms with Crippen LogP contribution in [0.15, 0.2) is 30.5 Å². The number of hydrogen-bond acceptors (Lipinski definition) is 4. The summed E-state index contributed by atoms with van der Waals surface area (Å²) in [5, 5.41) is 3.17. The highest BCUT2D eigenvalue weighted by atomic mass is 15.2. The summed E-state index contributed by atoms with van der Waals surface area (Å²) in [5.74, 6) is 1.71. The van der Waals surface area contributed by atoms with Crippen LogP contribution in [-0.2, 0) is 6.42 Å². The Morgan fingerprint density at radius 3 is 3.00 bits per heavy atom. The van der Waals surface area contributed by atoms with Crippen molar-refractivity contribution >= 4 is 17.5 Å². The van der Waals surface area contributed by atoms with Crippen LogP contribution in [0.1, 0.15) is 18.1 Å². The summed E-state index contributed by atoms with van der Waals surface area (Å²) in [6, 6.07) is 8.53. The normalized spacial score (nSPS) is 13.5. The molecule has 0 amide bonds. The molecule has 1 N–H and O–H groups in total. The van der Waals surface area contributed by atoms with Crippen molar-refractivity contribution in [1.29, 1.82) is 0 Å². The van der Waals surface area contributed by atoms with Crippen molar-refractivity contribution in [1.82, 2.24) is 9.97 Å². The summed E-state index contributed by atoms with van der Waals surface area (Å²) < 4.78 is 0. The van der Waals surface area contributed by atoms with E-state index in [1.807, 2.05) is 13.1 Å². The average Bonchev–Trinajstić information content (AvgIpc) is 2.85. The molecule has 1 aliphatic heterocycles. The highest BCUT2D eigenvalue weighted by Crippen LogP contribution is 2.34. The SMILES string of the molecule is CCNc1ncc(C)c(N2CCc3ccccc32)n1. The number of anilines is 3. The Morgan fingerprint density at radius 1 is 1.32 bits per heavy atom. The van der Waals surface area contributed by atoms with Gasteiger partial charge in [-0.05, 0) is 31.9 Å². The van der Waals surface area contributed by atoms with Gasteiger partial charge in [-0.1, -0.05) is 18.2 Å². The predicted molar refractivity (Wildman–Crippen MR) is 78.1 cm³/mol. The van der Waals surface area contributed by atoms with Crippen molar-refractivity contribution in [3.05, 3.63) is 41.6 Å². The summed E-state index contributed by atoms with van der Waals surface area (Å²) in [6.07, 6.45) is 2.97. The summed E-state index contributed by atoms with van der Waals surface area (Å²) >= 11 is 0. The first-order chi connectivity index (χ1) is 9.29. The molecular formula is C15H18N4. The number of benzene rings is 1. The van der Waals surface area contributed by atoms with E-state index in [1.54, 1.807) is 0 Å². The molecule has 0 fully saturated rings. The molecule has 0 saturated carbocycles. The van der Waals surface area contributed by atoms with Crippen LogP contribution in [0.25, 0.3) is 0 Å². The fraction of sp³-hybridized carbons (Fsp3) is 0.333. The predicted octanol–water partition coefficient (Wildman–Crippen LogP) is 2.91. The average molecular weight is 254 g/mol. The lowest BCUT2D eigenvalue weighted by Crippen LogP contribution is -2.17. The number of aryl methyl sites for hydroxylation is 1. The van der Waals surface area contributed by atoms with Crippen molar-refractivity contribution in [2.45, 2.75) is 20.3 Å². The lowest BCUT2D eigenvalue weighted by atomic mass is 10.2. The van der Waals surface area contributed by atoms with Gasteiger partial charge >= 0.3 is 0 Å². The first kappa shape index (κ1) is 12.0. The molecule has 19 heavy (non-hydrogen) atoms. The van der Waals surface area contributed by atoms with Crippen molar-refractivity contribution in [2.75, 3.05) is 23.3 Å². The largest absolute Gasteiger partial charge is 0.354 e. The molecule has 4 heteroatoms. The smallest absolute Gasteiger partial charge is 0.224 e. The van der Waals surface area contributed by atoms with Crippen LogP contribution in [0.2, 0.25) is 0 Å². The van der Waals surface area contributed by atoms with E-state index in [0.717, 1.165) is 30.9 Å². The van der Waals surface area contributed by atoms with E-state index in [1.165, 1.54) is 11.3 Å². The van der Waals surface area contributed by atoms with Crippen LogP contribution in [-0.4, -0.2) is 23.1 Å². The van der Waals surface area contributed by atoms with Crippen molar-refractivity contribution in [3.8, 4) is 0 Å². The molecule has 0 radical (unpaired) electrons. The lowest BCUT2D eigenvalue weighted by Gasteiger charge is -2.20. The lowest BCUT2D eigenvalue weighted by molar-refractivity contribution is 0.950. The summed E-state index contributed by atoms with van der Waals surface area (Å²) in [7, 11) is 0. The molecule has 0 bridgehead atoms. The van der Waals surface area contributed by atoms with Gasteiger partial charge in [0.2, 0.25) is 5.95 Å². The zero-order chi connectivity index (χ0) is 13.2. The topological polar surface area (TPSA) is 41.1 Å². The maximum Gasteiger partial charge on any atom is 0.224 e. The van der Waals surface area contributed by atoms with Crippen LogP contribution in [0.3, 0.4) is 0 Å². The summed E-state index contributed by atoms with van der Waals surface area (Å²) in [5.41, 5.74) is 3.77. The third-order valence-electron chi connectivity index (χ3n) is 3.42. The Kier molecular flexibility index (Phi) is 3.07. The number of aromatic nitrogens is 2. The van der Waals surface area contributed by atoms with Gasteiger partial charge in [-0.15, -0.1) is 0 Å². The van der Waals surface area contributed by atoms with E-state index >= 15 is 0 Å². The molecule has 98 valence electrons.